The number of rotatable bonds is 6. The molecular weight excluding hydrogens is 224 g/mol. The topological polar surface area (TPSA) is 58.2 Å². The number of sulfonamides is 1. The fraction of sp³-hybridized carbons (Fsp3) is 1.00. The van der Waals surface area contributed by atoms with E-state index in [-0.39, 0.29) is 5.75 Å². The maximum absolute atomic E-state index is 11.1. The van der Waals surface area contributed by atoms with Crippen LogP contribution in [0.4, 0.5) is 0 Å². The Bertz CT molecular complexity index is 282. The molecule has 1 rings (SSSR count). The van der Waals surface area contributed by atoms with E-state index in [4.69, 9.17) is 0 Å². The lowest BCUT2D eigenvalue weighted by atomic mass is 9.83. The summed E-state index contributed by atoms with van der Waals surface area (Å²) in [4.78, 5) is 0. The van der Waals surface area contributed by atoms with E-state index in [1.165, 1.54) is 32.7 Å². The predicted molar refractivity (Wildman–Crippen MR) is 66.8 cm³/mol. The molecule has 1 aliphatic carbocycles. The van der Waals surface area contributed by atoms with E-state index in [2.05, 4.69) is 17.0 Å². The highest BCUT2D eigenvalue weighted by molar-refractivity contribution is 7.89. The fourth-order valence-corrected chi connectivity index (χ4v) is 2.77. The maximum Gasteiger partial charge on any atom is 0.212 e. The van der Waals surface area contributed by atoms with Crippen LogP contribution in [0.1, 0.15) is 32.6 Å². The van der Waals surface area contributed by atoms with Crippen LogP contribution in [0.15, 0.2) is 0 Å². The lowest BCUT2D eigenvalue weighted by Gasteiger charge is -2.26. The average molecular weight is 248 g/mol. The second-order valence-electron chi connectivity index (χ2n) is 4.85. The molecule has 96 valence electrons. The third-order valence-electron chi connectivity index (χ3n) is 3.43. The quantitative estimate of drug-likeness (QED) is 0.688. The molecule has 5 heteroatoms. The summed E-state index contributed by atoms with van der Waals surface area (Å²) in [6, 6.07) is 0. The molecule has 1 aliphatic rings. The molecule has 0 aromatic heterocycles. The summed E-state index contributed by atoms with van der Waals surface area (Å²) in [5.74, 6) is 1.79. The van der Waals surface area contributed by atoms with Crippen molar-refractivity contribution in [3.05, 3.63) is 0 Å². The molecule has 1 saturated carbocycles. The van der Waals surface area contributed by atoms with Gasteiger partial charge < -0.3 is 5.32 Å². The van der Waals surface area contributed by atoms with Gasteiger partial charge in [-0.25, -0.2) is 13.1 Å². The van der Waals surface area contributed by atoms with Crippen LogP contribution in [0.5, 0.6) is 0 Å². The third-order valence-corrected chi connectivity index (χ3v) is 4.79. The van der Waals surface area contributed by atoms with Crippen molar-refractivity contribution in [2.45, 2.75) is 32.6 Å². The summed E-state index contributed by atoms with van der Waals surface area (Å²) in [7, 11) is -1.59. The zero-order chi connectivity index (χ0) is 12.0. The third kappa shape index (κ3) is 5.27. The first kappa shape index (κ1) is 13.9. The van der Waals surface area contributed by atoms with Crippen molar-refractivity contribution in [1.29, 1.82) is 0 Å². The first-order chi connectivity index (χ1) is 7.53. The van der Waals surface area contributed by atoms with E-state index in [9.17, 15) is 8.42 Å². The van der Waals surface area contributed by atoms with Gasteiger partial charge in [0.15, 0.2) is 0 Å². The lowest BCUT2D eigenvalue weighted by Crippen LogP contribution is -2.33. The van der Waals surface area contributed by atoms with Gasteiger partial charge >= 0.3 is 0 Å². The van der Waals surface area contributed by atoms with Gasteiger partial charge in [0.25, 0.3) is 0 Å². The zero-order valence-corrected chi connectivity index (χ0v) is 11.1. The Kier molecular flexibility index (Phi) is 5.72. The van der Waals surface area contributed by atoms with E-state index in [0.717, 1.165) is 18.4 Å². The highest BCUT2D eigenvalue weighted by Gasteiger charge is 2.17. The largest absolute Gasteiger partial charge is 0.315 e. The van der Waals surface area contributed by atoms with Crippen LogP contribution >= 0.6 is 0 Å². The van der Waals surface area contributed by atoms with Crippen molar-refractivity contribution in [3.8, 4) is 0 Å². The molecule has 16 heavy (non-hydrogen) atoms. The predicted octanol–water partition coefficient (Wildman–Crippen LogP) is 0.951. The molecule has 0 unspecified atom stereocenters. The molecule has 4 nitrogen and oxygen atoms in total. The van der Waals surface area contributed by atoms with Crippen molar-refractivity contribution in [2.75, 3.05) is 25.9 Å². The first-order valence-corrected chi connectivity index (χ1v) is 7.80. The van der Waals surface area contributed by atoms with Gasteiger partial charge in [0.1, 0.15) is 0 Å². The fourth-order valence-electron chi connectivity index (χ4n) is 2.15. The van der Waals surface area contributed by atoms with Crippen LogP contribution in [-0.4, -0.2) is 34.3 Å². The van der Waals surface area contributed by atoms with Crippen LogP contribution in [0.2, 0.25) is 0 Å². The summed E-state index contributed by atoms with van der Waals surface area (Å²) in [6.45, 7) is 3.82. The van der Waals surface area contributed by atoms with Gasteiger partial charge in [-0.1, -0.05) is 19.8 Å². The van der Waals surface area contributed by atoms with Crippen LogP contribution in [-0.2, 0) is 10.0 Å². The molecule has 0 bridgehead atoms. The van der Waals surface area contributed by atoms with Gasteiger partial charge in [-0.15, -0.1) is 0 Å². The Hall–Kier alpha value is -0.130. The minimum Gasteiger partial charge on any atom is -0.315 e. The Labute approximate surface area is 99.2 Å². The molecular formula is C11H24N2O2S. The highest BCUT2D eigenvalue weighted by Crippen LogP contribution is 2.27. The van der Waals surface area contributed by atoms with Crippen molar-refractivity contribution in [3.63, 3.8) is 0 Å². The second kappa shape index (κ2) is 6.57. The first-order valence-electron chi connectivity index (χ1n) is 6.15. The molecule has 0 spiro atoms. The van der Waals surface area contributed by atoms with Crippen molar-refractivity contribution >= 4 is 10.0 Å². The molecule has 1 fully saturated rings. The van der Waals surface area contributed by atoms with Crippen LogP contribution < -0.4 is 10.0 Å². The van der Waals surface area contributed by atoms with Crippen LogP contribution in [0, 0.1) is 11.8 Å². The smallest absolute Gasteiger partial charge is 0.212 e. The van der Waals surface area contributed by atoms with E-state index in [1.807, 2.05) is 0 Å². The van der Waals surface area contributed by atoms with Gasteiger partial charge in [0.05, 0.1) is 5.75 Å². The summed E-state index contributed by atoms with van der Waals surface area (Å²) in [5, 5.41) is 3.24. The van der Waals surface area contributed by atoms with Gasteiger partial charge in [0, 0.05) is 6.54 Å². The average Bonchev–Trinajstić information content (AvgIpc) is 2.27. The molecule has 0 atom stereocenters. The minimum absolute atomic E-state index is 0.173. The number of hydrogen-bond donors (Lipinski definition) is 2. The monoisotopic (exact) mass is 248 g/mol. The van der Waals surface area contributed by atoms with E-state index in [0.29, 0.717) is 6.54 Å². The highest BCUT2D eigenvalue weighted by atomic mass is 32.2. The standard InChI is InChI=1S/C11H24N2O2S/c1-10-3-5-11(6-4-10)9-13-7-8-16(14,15)12-2/h10-13H,3-9H2,1-2H3. The van der Waals surface area contributed by atoms with Gasteiger partial charge in [0.2, 0.25) is 10.0 Å². The molecule has 0 aliphatic heterocycles. The molecule has 0 radical (unpaired) electrons. The Morgan fingerprint density at radius 3 is 2.38 bits per heavy atom. The number of hydrogen-bond acceptors (Lipinski definition) is 3. The summed E-state index contributed by atoms with van der Waals surface area (Å²) in [6.07, 6.45) is 5.21. The summed E-state index contributed by atoms with van der Waals surface area (Å²) in [5.41, 5.74) is 0. The summed E-state index contributed by atoms with van der Waals surface area (Å²) < 4.78 is 24.6. The van der Waals surface area contributed by atoms with E-state index in [1.54, 1.807) is 0 Å². The Morgan fingerprint density at radius 1 is 1.19 bits per heavy atom. The molecule has 0 aromatic rings. The molecule has 0 aromatic carbocycles. The molecule has 0 amide bonds. The minimum atomic E-state index is -3.04. The van der Waals surface area contributed by atoms with Crippen LogP contribution in [0.3, 0.4) is 0 Å². The Balaban J connectivity index is 2.08. The van der Waals surface area contributed by atoms with Gasteiger partial charge in [-0.05, 0) is 38.3 Å². The van der Waals surface area contributed by atoms with Crippen molar-refractivity contribution in [1.82, 2.24) is 10.0 Å². The number of nitrogens with one attached hydrogen (secondary N) is 2. The maximum atomic E-state index is 11.1. The molecule has 0 heterocycles. The lowest BCUT2D eigenvalue weighted by molar-refractivity contribution is 0.283. The van der Waals surface area contributed by atoms with E-state index < -0.39 is 10.0 Å². The van der Waals surface area contributed by atoms with Crippen molar-refractivity contribution < 1.29 is 8.42 Å². The molecule has 2 N–H and O–H groups in total. The van der Waals surface area contributed by atoms with Gasteiger partial charge in [-0.3, -0.25) is 0 Å². The van der Waals surface area contributed by atoms with Crippen molar-refractivity contribution in [2.24, 2.45) is 11.8 Å². The van der Waals surface area contributed by atoms with Gasteiger partial charge in [-0.2, -0.15) is 0 Å². The SMILES string of the molecule is CNS(=O)(=O)CCNCC1CCC(C)CC1. The Morgan fingerprint density at radius 2 is 1.81 bits per heavy atom. The van der Waals surface area contributed by atoms with Crippen LogP contribution in [0.25, 0.3) is 0 Å². The van der Waals surface area contributed by atoms with E-state index >= 15 is 0 Å². The summed E-state index contributed by atoms with van der Waals surface area (Å²) >= 11 is 0. The molecule has 0 saturated heterocycles. The second-order valence-corrected chi connectivity index (χ2v) is 6.90. The normalized spacial score (nSPS) is 26.9. The zero-order valence-electron chi connectivity index (χ0n) is 10.3.